The molecule has 0 radical (unpaired) electrons. The predicted molar refractivity (Wildman–Crippen MR) is 64.1 cm³/mol. The second kappa shape index (κ2) is 4.27. The number of carbonyl (C=O) groups excluding carboxylic acids is 1. The Morgan fingerprint density at radius 2 is 2.00 bits per heavy atom. The summed E-state index contributed by atoms with van der Waals surface area (Å²) >= 11 is 0. The van der Waals surface area contributed by atoms with Gasteiger partial charge in [-0.15, -0.1) is 0 Å². The first-order valence-electron chi connectivity index (χ1n) is 5.26. The SMILES string of the molecule is C=CC(C(C)=O)[n+]1cccc2ccccc21. The number of hydrogen-bond acceptors (Lipinski definition) is 1. The van der Waals surface area contributed by atoms with Crippen molar-refractivity contribution in [2.45, 2.75) is 13.0 Å². The molecule has 16 heavy (non-hydrogen) atoms. The van der Waals surface area contributed by atoms with Gasteiger partial charge in [0.15, 0.2) is 6.20 Å². The van der Waals surface area contributed by atoms with Gasteiger partial charge in [-0.3, -0.25) is 4.79 Å². The molecular formula is C14H14NO+. The number of para-hydroxylation sites is 1. The molecular weight excluding hydrogens is 198 g/mol. The van der Waals surface area contributed by atoms with E-state index in [4.69, 9.17) is 0 Å². The first-order valence-corrected chi connectivity index (χ1v) is 5.26. The van der Waals surface area contributed by atoms with Crippen molar-refractivity contribution in [3.8, 4) is 0 Å². The highest BCUT2D eigenvalue weighted by Gasteiger charge is 2.21. The standard InChI is InChI=1S/C14H14NO/c1-3-13(11(2)16)15-10-6-8-12-7-4-5-9-14(12)15/h3-10,13H,1H2,2H3/q+1. The number of fused-ring (bicyclic) bond motifs is 1. The van der Waals surface area contributed by atoms with Gasteiger partial charge in [-0.2, -0.15) is 4.57 Å². The number of Topliss-reactive ketones (excluding diaryl/α,β-unsaturated/α-hetero) is 1. The molecule has 1 heterocycles. The second-order valence-corrected chi connectivity index (χ2v) is 3.77. The van der Waals surface area contributed by atoms with E-state index in [-0.39, 0.29) is 11.8 Å². The Hall–Kier alpha value is -1.96. The third-order valence-corrected chi connectivity index (χ3v) is 2.68. The van der Waals surface area contributed by atoms with E-state index in [1.807, 2.05) is 47.2 Å². The molecule has 1 aromatic heterocycles. The van der Waals surface area contributed by atoms with Crippen LogP contribution in [0.15, 0.2) is 55.3 Å². The zero-order chi connectivity index (χ0) is 11.5. The van der Waals surface area contributed by atoms with Crippen LogP contribution in [0.1, 0.15) is 13.0 Å². The molecule has 0 fully saturated rings. The number of ketones is 1. The van der Waals surface area contributed by atoms with Crippen LogP contribution in [0, 0.1) is 0 Å². The van der Waals surface area contributed by atoms with E-state index in [9.17, 15) is 4.79 Å². The molecule has 0 spiro atoms. The van der Waals surface area contributed by atoms with Gasteiger partial charge in [-0.05, 0) is 18.2 Å². The number of benzene rings is 1. The van der Waals surface area contributed by atoms with Crippen molar-refractivity contribution in [1.29, 1.82) is 0 Å². The Balaban J connectivity index is 2.68. The fourth-order valence-electron chi connectivity index (χ4n) is 1.90. The molecule has 2 nitrogen and oxygen atoms in total. The van der Waals surface area contributed by atoms with Crippen LogP contribution in [0.4, 0.5) is 0 Å². The average molecular weight is 212 g/mol. The first kappa shape index (κ1) is 10.6. The molecule has 0 amide bonds. The van der Waals surface area contributed by atoms with Crippen molar-refractivity contribution in [2.75, 3.05) is 0 Å². The van der Waals surface area contributed by atoms with Crippen molar-refractivity contribution in [1.82, 2.24) is 0 Å². The van der Waals surface area contributed by atoms with Gasteiger partial charge in [0.25, 0.3) is 0 Å². The summed E-state index contributed by atoms with van der Waals surface area (Å²) in [5.41, 5.74) is 1.05. The maximum atomic E-state index is 11.5. The summed E-state index contributed by atoms with van der Waals surface area (Å²) in [6.07, 6.45) is 3.59. The number of allylic oxidation sites excluding steroid dienone is 1. The van der Waals surface area contributed by atoms with Crippen LogP contribution in [-0.2, 0) is 4.79 Å². The summed E-state index contributed by atoms with van der Waals surface area (Å²) in [5, 5.41) is 1.12. The van der Waals surface area contributed by atoms with Crippen molar-refractivity contribution >= 4 is 16.7 Å². The van der Waals surface area contributed by atoms with Crippen molar-refractivity contribution in [2.24, 2.45) is 0 Å². The minimum atomic E-state index is -0.286. The lowest BCUT2D eigenvalue weighted by Crippen LogP contribution is -2.42. The van der Waals surface area contributed by atoms with E-state index in [1.54, 1.807) is 13.0 Å². The molecule has 1 aromatic carbocycles. The van der Waals surface area contributed by atoms with Crippen molar-refractivity contribution in [3.05, 3.63) is 55.3 Å². The topological polar surface area (TPSA) is 20.9 Å². The molecule has 1 unspecified atom stereocenters. The minimum absolute atomic E-state index is 0.0938. The highest BCUT2D eigenvalue weighted by Crippen LogP contribution is 2.11. The number of hydrogen-bond donors (Lipinski definition) is 0. The summed E-state index contributed by atoms with van der Waals surface area (Å²) in [6.45, 7) is 5.31. The molecule has 2 heteroatoms. The van der Waals surface area contributed by atoms with Crippen LogP contribution in [-0.4, -0.2) is 5.78 Å². The molecule has 0 bridgehead atoms. The number of pyridine rings is 1. The molecule has 2 aromatic rings. The van der Waals surface area contributed by atoms with Crippen LogP contribution < -0.4 is 4.57 Å². The molecule has 2 rings (SSSR count). The van der Waals surface area contributed by atoms with Gasteiger partial charge in [0, 0.05) is 24.4 Å². The number of carbonyl (C=O) groups is 1. The van der Waals surface area contributed by atoms with Crippen molar-refractivity contribution in [3.63, 3.8) is 0 Å². The predicted octanol–water partition coefficient (Wildman–Crippen LogP) is 2.44. The van der Waals surface area contributed by atoms with Crippen LogP contribution in [0.2, 0.25) is 0 Å². The lowest BCUT2D eigenvalue weighted by atomic mass is 10.1. The molecule has 1 atom stereocenters. The lowest BCUT2D eigenvalue weighted by Gasteiger charge is -2.06. The molecule has 0 N–H and O–H groups in total. The minimum Gasteiger partial charge on any atom is -0.292 e. The van der Waals surface area contributed by atoms with E-state index in [1.165, 1.54) is 0 Å². The molecule has 0 aliphatic carbocycles. The quantitative estimate of drug-likeness (QED) is 0.565. The van der Waals surface area contributed by atoms with Crippen LogP contribution in [0.3, 0.4) is 0 Å². The van der Waals surface area contributed by atoms with Crippen LogP contribution in [0.5, 0.6) is 0 Å². The monoisotopic (exact) mass is 212 g/mol. The summed E-state index contributed by atoms with van der Waals surface area (Å²) in [6, 6.07) is 11.7. The number of rotatable bonds is 3. The highest BCUT2D eigenvalue weighted by atomic mass is 16.1. The van der Waals surface area contributed by atoms with Crippen LogP contribution >= 0.6 is 0 Å². The lowest BCUT2D eigenvalue weighted by molar-refractivity contribution is -0.673. The van der Waals surface area contributed by atoms with Crippen molar-refractivity contribution < 1.29 is 9.36 Å². The van der Waals surface area contributed by atoms with Crippen LogP contribution in [0.25, 0.3) is 10.9 Å². The Labute approximate surface area is 94.8 Å². The molecule has 0 saturated heterocycles. The van der Waals surface area contributed by atoms with Gasteiger partial charge >= 0.3 is 0 Å². The fourth-order valence-corrected chi connectivity index (χ4v) is 1.90. The Kier molecular flexibility index (Phi) is 2.82. The molecule has 80 valence electrons. The third kappa shape index (κ3) is 1.74. The van der Waals surface area contributed by atoms with Gasteiger partial charge in [0.2, 0.25) is 17.3 Å². The zero-order valence-electron chi connectivity index (χ0n) is 9.26. The Bertz CT molecular complexity index is 540. The Morgan fingerprint density at radius 3 is 2.69 bits per heavy atom. The van der Waals surface area contributed by atoms with E-state index >= 15 is 0 Å². The fraction of sp³-hybridized carbons (Fsp3) is 0.143. The van der Waals surface area contributed by atoms with Gasteiger partial charge in [-0.25, -0.2) is 0 Å². The number of aromatic nitrogens is 1. The molecule has 0 aliphatic rings. The van der Waals surface area contributed by atoms with Gasteiger partial charge in [0.1, 0.15) is 0 Å². The zero-order valence-corrected chi connectivity index (χ0v) is 9.26. The third-order valence-electron chi connectivity index (χ3n) is 2.68. The maximum absolute atomic E-state index is 11.5. The van der Waals surface area contributed by atoms with Gasteiger partial charge in [-0.1, -0.05) is 18.7 Å². The van der Waals surface area contributed by atoms with E-state index < -0.39 is 0 Å². The van der Waals surface area contributed by atoms with Gasteiger partial charge < -0.3 is 0 Å². The normalized spacial score (nSPS) is 12.3. The summed E-state index contributed by atoms with van der Waals surface area (Å²) in [7, 11) is 0. The maximum Gasteiger partial charge on any atom is 0.234 e. The molecule has 0 saturated carbocycles. The van der Waals surface area contributed by atoms with Gasteiger partial charge in [0.05, 0.1) is 0 Å². The summed E-state index contributed by atoms with van der Waals surface area (Å²) < 4.78 is 1.95. The summed E-state index contributed by atoms with van der Waals surface area (Å²) in [4.78, 5) is 11.5. The number of nitrogens with zero attached hydrogens (tertiary/aromatic N) is 1. The largest absolute Gasteiger partial charge is 0.292 e. The first-order chi connectivity index (χ1) is 7.74. The smallest absolute Gasteiger partial charge is 0.234 e. The summed E-state index contributed by atoms with van der Waals surface area (Å²) in [5.74, 6) is 0.0938. The second-order valence-electron chi connectivity index (χ2n) is 3.77. The van der Waals surface area contributed by atoms with E-state index in [2.05, 4.69) is 6.58 Å². The molecule has 0 aliphatic heterocycles. The highest BCUT2D eigenvalue weighted by molar-refractivity contribution is 5.81. The van der Waals surface area contributed by atoms with E-state index in [0.717, 1.165) is 10.9 Å². The van der Waals surface area contributed by atoms with E-state index in [0.29, 0.717) is 0 Å². The Morgan fingerprint density at radius 1 is 1.31 bits per heavy atom. The average Bonchev–Trinajstić information content (AvgIpc) is 2.30.